The number of aliphatic hydroxyl groups is 1. The van der Waals surface area contributed by atoms with Gasteiger partial charge in [-0.1, -0.05) is 19.1 Å². The normalized spacial score (nSPS) is 51.4. The molecule has 0 aromatic heterocycles. The van der Waals surface area contributed by atoms with Crippen molar-refractivity contribution in [2.45, 2.75) is 38.6 Å². The molecule has 2 fully saturated rings. The van der Waals surface area contributed by atoms with Gasteiger partial charge in [0.2, 0.25) is 0 Å². The van der Waals surface area contributed by atoms with Crippen LogP contribution in [0.25, 0.3) is 0 Å². The molecule has 0 unspecified atom stereocenters. The largest absolute Gasteiger partial charge is 0.393 e. The lowest BCUT2D eigenvalue weighted by Gasteiger charge is -2.27. The summed E-state index contributed by atoms with van der Waals surface area (Å²) in [6.45, 7) is 8.00. The molecule has 0 radical (unpaired) electrons. The molecule has 0 bridgehead atoms. The van der Waals surface area contributed by atoms with Crippen LogP contribution in [0.5, 0.6) is 0 Å². The van der Waals surface area contributed by atoms with E-state index >= 15 is 0 Å². The van der Waals surface area contributed by atoms with Gasteiger partial charge in [-0.3, -0.25) is 0 Å². The van der Waals surface area contributed by atoms with Crippen LogP contribution in [0.15, 0.2) is 12.2 Å². The van der Waals surface area contributed by atoms with Crippen molar-refractivity contribution in [1.82, 2.24) is 0 Å². The van der Waals surface area contributed by atoms with Gasteiger partial charge in [0.1, 0.15) is 0 Å². The molecular formula is C10H16O2. The van der Waals surface area contributed by atoms with Crippen molar-refractivity contribution in [2.75, 3.05) is 0 Å². The maximum atomic E-state index is 9.67. The minimum Gasteiger partial charge on any atom is -0.393 e. The number of fused-ring (bicyclic) bond motifs is 1. The van der Waals surface area contributed by atoms with Crippen LogP contribution in [0.2, 0.25) is 0 Å². The van der Waals surface area contributed by atoms with E-state index in [1.54, 1.807) is 0 Å². The Morgan fingerprint density at radius 1 is 1.50 bits per heavy atom. The molecule has 1 N–H and O–H groups in total. The van der Waals surface area contributed by atoms with Gasteiger partial charge in [0.15, 0.2) is 0 Å². The molecule has 2 nitrogen and oxygen atoms in total. The average Bonchev–Trinajstić information content (AvgIpc) is 2.75. The first-order chi connectivity index (χ1) is 5.61. The molecule has 2 rings (SSSR count). The van der Waals surface area contributed by atoms with Crippen molar-refractivity contribution in [3.8, 4) is 0 Å². The molecule has 1 aliphatic heterocycles. The Labute approximate surface area is 73.2 Å². The highest BCUT2D eigenvalue weighted by atomic mass is 16.6. The molecule has 12 heavy (non-hydrogen) atoms. The molecule has 0 amide bonds. The summed E-state index contributed by atoms with van der Waals surface area (Å²) >= 11 is 0. The highest BCUT2D eigenvalue weighted by Gasteiger charge is 2.54. The Morgan fingerprint density at radius 2 is 2.17 bits per heavy atom. The van der Waals surface area contributed by atoms with Crippen molar-refractivity contribution in [2.24, 2.45) is 11.8 Å². The fourth-order valence-electron chi connectivity index (χ4n) is 2.19. The molecule has 5 atom stereocenters. The summed E-state index contributed by atoms with van der Waals surface area (Å²) in [5.74, 6) is 0.701. The molecule has 0 spiro atoms. The molecule has 68 valence electrons. The summed E-state index contributed by atoms with van der Waals surface area (Å²) in [5.41, 5.74) is 1.15. The molecule has 1 saturated carbocycles. The van der Waals surface area contributed by atoms with Crippen LogP contribution in [-0.4, -0.2) is 23.4 Å². The van der Waals surface area contributed by atoms with Crippen LogP contribution >= 0.6 is 0 Å². The van der Waals surface area contributed by atoms with Gasteiger partial charge < -0.3 is 9.84 Å². The molecule has 1 saturated heterocycles. The van der Waals surface area contributed by atoms with Crippen molar-refractivity contribution >= 4 is 0 Å². The highest BCUT2D eigenvalue weighted by Crippen LogP contribution is 2.46. The first-order valence-corrected chi connectivity index (χ1v) is 4.60. The van der Waals surface area contributed by atoms with Crippen molar-refractivity contribution in [3.63, 3.8) is 0 Å². The van der Waals surface area contributed by atoms with Crippen LogP contribution < -0.4 is 0 Å². The van der Waals surface area contributed by atoms with Crippen LogP contribution in [0.3, 0.4) is 0 Å². The van der Waals surface area contributed by atoms with E-state index in [0.29, 0.717) is 24.0 Å². The second-order valence-corrected chi connectivity index (χ2v) is 4.18. The first kappa shape index (κ1) is 8.27. The number of hydrogen-bond acceptors (Lipinski definition) is 2. The van der Waals surface area contributed by atoms with Crippen molar-refractivity contribution in [1.29, 1.82) is 0 Å². The van der Waals surface area contributed by atoms with E-state index in [-0.39, 0.29) is 6.10 Å². The van der Waals surface area contributed by atoms with Crippen LogP contribution in [0.4, 0.5) is 0 Å². The maximum absolute atomic E-state index is 9.67. The van der Waals surface area contributed by atoms with Gasteiger partial charge in [0.25, 0.3) is 0 Å². The third-order valence-corrected chi connectivity index (χ3v) is 3.21. The van der Waals surface area contributed by atoms with Gasteiger partial charge in [0, 0.05) is 11.8 Å². The Morgan fingerprint density at radius 3 is 2.75 bits per heavy atom. The highest BCUT2D eigenvalue weighted by molar-refractivity contribution is 5.12. The molecule has 0 aromatic carbocycles. The second-order valence-electron chi connectivity index (χ2n) is 4.18. The van der Waals surface area contributed by atoms with Gasteiger partial charge >= 0.3 is 0 Å². The monoisotopic (exact) mass is 168 g/mol. The number of epoxide rings is 1. The minimum atomic E-state index is -0.199. The number of hydrogen-bond donors (Lipinski definition) is 1. The summed E-state index contributed by atoms with van der Waals surface area (Å²) < 4.78 is 5.51. The smallest absolute Gasteiger partial charge is 0.0911 e. The van der Waals surface area contributed by atoms with Gasteiger partial charge in [0.05, 0.1) is 18.3 Å². The summed E-state index contributed by atoms with van der Waals surface area (Å²) in [5, 5.41) is 9.67. The lowest BCUT2D eigenvalue weighted by molar-refractivity contribution is 0.0745. The Kier molecular flexibility index (Phi) is 1.77. The molecule has 2 aliphatic rings. The maximum Gasteiger partial charge on any atom is 0.0911 e. The Bertz CT molecular complexity index is 210. The van der Waals surface area contributed by atoms with Crippen LogP contribution in [0, 0.1) is 11.8 Å². The van der Waals surface area contributed by atoms with E-state index in [2.05, 4.69) is 13.5 Å². The van der Waals surface area contributed by atoms with E-state index in [9.17, 15) is 5.11 Å². The van der Waals surface area contributed by atoms with E-state index in [1.807, 2.05) is 6.92 Å². The zero-order valence-electron chi connectivity index (χ0n) is 7.66. The topological polar surface area (TPSA) is 32.8 Å². The summed E-state index contributed by atoms with van der Waals surface area (Å²) in [4.78, 5) is 0. The zero-order valence-corrected chi connectivity index (χ0v) is 7.66. The zero-order chi connectivity index (χ0) is 8.88. The van der Waals surface area contributed by atoms with Crippen molar-refractivity contribution < 1.29 is 9.84 Å². The quantitative estimate of drug-likeness (QED) is 0.473. The first-order valence-electron chi connectivity index (χ1n) is 4.60. The van der Waals surface area contributed by atoms with Gasteiger partial charge in [-0.15, -0.1) is 0 Å². The van der Waals surface area contributed by atoms with E-state index in [1.165, 1.54) is 0 Å². The fraction of sp³-hybridized carbons (Fsp3) is 0.800. The van der Waals surface area contributed by atoms with E-state index < -0.39 is 0 Å². The molecule has 1 heterocycles. The van der Waals surface area contributed by atoms with E-state index in [4.69, 9.17) is 4.74 Å². The minimum absolute atomic E-state index is 0.199. The summed E-state index contributed by atoms with van der Waals surface area (Å²) in [7, 11) is 0. The number of rotatable bonds is 1. The average molecular weight is 168 g/mol. The van der Waals surface area contributed by atoms with Crippen LogP contribution in [-0.2, 0) is 4.74 Å². The predicted octanol–water partition coefficient (Wildman–Crippen LogP) is 1.35. The number of aliphatic hydroxyl groups excluding tert-OH is 1. The fourth-order valence-corrected chi connectivity index (χ4v) is 2.19. The summed E-state index contributed by atoms with van der Waals surface area (Å²) in [6.07, 6.45) is 1.30. The van der Waals surface area contributed by atoms with Gasteiger partial charge in [-0.25, -0.2) is 0 Å². The molecular weight excluding hydrogens is 152 g/mol. The SMILES string of the molecule is C=C(C)[C@H]1C[C@@H](O)[C@H](C)[C@@H]2O[C@@H]21. The Hall–Kier alpha value is -0.340. The van der Waals surface area contributed by atoms with Crippen LogP contribution in [0.1, 0.15) is 20.3 Å². The standard InChI is InChI=1S/C10H16O2/c1-5(2)7-4-8(11)6(3)9-10(7)12-9/h6-11H,1,4H2,2-3H3/t6-,7+,8+,9-,10+/m0/s1. The Balaban J connectivity index is 2.08. The lowest BCUT2D eigenvalue weighted by Crippen LogP contribution is -2.34. The predicted molar refractivity (Wildman–Crippen MR) is 46.8 cm³/mol. The summed E-state index contributed by atoms with van der Waals surface area (Å²) in [6, 6.07) is 0. The second kappa shape index (κ2) is 2.57. The third kappa shape index (κ3) is 1.10. The van der Waals surface area contributed by atoms with Gasteiger partial charge in [-0.2, -0.15) is 0 Å². The van der Waals surface area contributed by atoms with E-state index in [0.717, 1.165) is 12.0 Å². The molecule has 0 aromatic rings. The van der Waals surface area contributed by atoms with Gasteiger partial charge in [-0.05, 0) is 13.3 Å². The lowest BCUT2D eigenvalue weighted by atomic mass is 9.78. The number of ether oxygens (including phenoxy) is 1. The molecule has 2 heteroatoms. The third-order valence-electron chi connectivity index (χ3n) is 3.21. The van der Waals surface area contributed by atoms with Crippen molar-refractivity contribution in [3.05, 3.63) is 12.2 Å². The molecule has 1 aliphatic carbocycles.